The molecule has 0 atom stereocenters. The summed E-state index contributed by atoms with van der Waals surface area (Å²) in [7, 11) is 4.02. The number of hydrogen-bond acceptors (Lipinski definition) is 2. The average Bonchev–Trinajstić information content (AvgIpc) is 2.67. The number of benzene rings is 1. The molecule has 2 aromatic rings. The van der Waals surface area contributed by atoms with Gasteiger partial charge < -0.3 is 4.90 Å². The first-order valence-corrected chi connectivity index (χ1v) is 4.55. The molecular weight excluding hydrogens is 210 g/mol. The fourth-order valence-corrected chi connectivity index (χ4v) is 1.44. The van der Waals surface area contributed by atoms with Crippen molar-refractivity contribution < 1.29 is 0 Å². The Morgan fingerprint density at radius 3 is 2.40 bits per heavy atom. The van der Waals surface area contributed by atoms with Gasteiger partial charge in [0.15, 0.2) is 0 Å². The molecule has 3 nitrogen and oxygen atoms in total. The molecule has 0 aliphatic rings. The number of hydrogen-bond donors (Lipinski definition) is 1. The van der Waals surface area contributed by atoms with Crippen molar-refractivity contribution in [1.29, 1.82) is 0 Å². The first-order chi connectivity index (χ1) is 6.79. The maximum absolute atomic E-state index is 4.05. The highest BCUT2D eigenvalue weighted by Crippen LogP contribution is 2.26. The summed E-state index contributed by atoms with van der Waals surface area (Å²) in [5.41, 5.74) is 3.33. The molecule has 0 aliphatic heterocycles. The molecule has 0 aliphatic carbocycles. The highest BCUT2D eigenvalue weighted by molar-refractivity contribution is 5.85. The van der Waals surface area contributed by atoms with E-state index < -0.39 is 0 Å². The van der Waals surface area contributed by atoms with Crippen LogP contribution in [0.25, 0.3) is 11.3 Å². The van der Waals surface area contributed by atoms with E-state index in [1.807, 2.05) is 43.4 Å². The summed E-state index contributed by atoms with van der Waals surface area (Å²) in [4.78, 5) is 2.05. The third kappa shape index (κ3) is 2.30. The second kappa shape index (κ2) is 4.84. The molecule has 1 N–H and O–H groups in total. The van der Waals surface area contributed by atoms with Crippen molar-refractivity contribution >= 4 is 18.1 Å². The van der Waals surface area contributed by atoms with E-state index in [2.05, 4.69) is 22.3 Å². The Hall–Kier alpha value is -1.48. The molecule has 4 heteroatoms. The largest absolute Gasteiger partial charge is 0.375 e. The molecule has 0 fully saturated rings. The van der Waals surface area contributed by atoms with E-state index in [0.717, 1.165) is 16.9 Å². The van der Waals surface area contributed by atoms with E-state index in [4.69, 9.17) is 0 Å². The maximum atomic E-state index is 4.05. The standard InChI is InChI=1S/C11H13N3.ClH/c1-14(2)10-8-12-13-11(10)9-6-4-3-5-7-9;/h3-8H,1-2H3,(H,12,13);1H. The van der Waals surface area contributed by atoms with E-state index in [-0.39, 0.29) is 12.4 Å². The number of nitrogens with one attached hydrogen (secondary N) is 1. The molecule has 0 saturated heterocycles. The van der Waals surface area contributed by atoms with Gasteiger partial charge >= 0.3 is 0 Å². The van der Waals surface area contributed by atoms with Crippen LogP contribution < -0.4 is 4.90 Å². The SMILES string of the molecule is CN(C)c1cn[nH]c1-c1ccccc1.Cl. The lowest BCUT2D eigenvalue weighted by Crippen LogP contribution is -2.08. The lowest BCUT2D eigenvalue weighted by Gasteiger charge is -2.11. The van der Waals surface area contributed by atoms with Gasteiger partial charge in [0.25, 0.3) is 0 Å². The fourth-order valence-electron chi connectivity index (χ4n) is 1.44. The Balaban J connectivity index is 0.00000112. The van der Waals surface area contributed by atoms with Crippen molar-refractivity contribution in [2.75, 3.05) is 19.0 Å². The number of anilines is 1. The predicted molar refractivity (Wildman–Crippen MR) is 65.6 cm³/mol. The lowest BCUT2D eigenvalue weighted by atomic mass is 10.1. The topological polar surface area (TPSA) is 31.9 Å². The van der Waals surface area contributed by atoms with Crippen LogP contribution in [0.2, 0.25) is 0 Å². The molecule has 80 valence electrons. The first-order valence-electron chi connectivity index (χ1n) is 4.55. The van der Waals surface area contributed by atoms with E-state index in [0.29, 0.717) is 0 Å². The van der Waals surface area contributed by atoms with Gasteiger partial charge in [0.1, 0.15) is 0 Å². The normalized spacial score (nSPS) is 9.47. The molecule has 1 heterocycles. The Kier molecular flexibility index (Phi) is 3.74. The quantitative estimate of drug-likeness (QED) is 0.849. The minimum Gasteiger partial charge on any atom is -0.375 e. The van der Waals surface area contributed by atoms with Gasteiger partial charge in [0, 0.05) is 19.7 Å². The predicted octanol–water partition coefficient (Wildman–Crippen LogP) is 2.56. The second-order valence-corrected chi connectivity index (χ2v) is 3.39. The van der Waals surface area contributed by atoms with Gasteiger partial charge in [-0.15, -0.1) is 12.4 Å². The Morgan fingerprint density at radius 1 is 1.13 bits per heavy atom. The average molecular weight is 224 g/mol. The molecule has 2 rings (SSSR count). The summed E-state index contributed by atoms with van der Waals surface area (Å²) in [5, 5.41) is 7.06. The fraction of sp³-hybridized carbons (Fsp3) is 0.182. The van der Waals surface area contributed by atoms with Gasteiger partial charge in [-0.25, -0.2) is 0 Å². The molecule has 0 amide bonds. The van der Waals surface area contributed by atoms with Gasteiger partial charge in [0.05, 0.1) is 17.6 Å². The minimum atomic E-state index is 0. The monoisotopic (exact) mass is 223 g/mol. The van der Waals surface area contributed by atoms with E-state index in [9.17, 15) is 0 Å². The molecule has 15 heavy (non-hydrogen) atoms. The van der Waals surface area contributed by atoms with Crippen LogP contribution in [0.3, 0.4) is 0 Å². The van der Waals surface area contributed by atoms with Crippen molar-refractivity contribution in [1.82, 2.24) is 10.2 Å². The lowest BCUT2D eigenvalue weighted by molar-refractivity contribution is 1.10. The van der Waals surface area contributed by atoms with Crippen molar-refractivity contribution in [3.8, 4) is 11.3 Å². The van der Waals surface area contributed by atoms with Crippen molar-refractivity contribution in [2.45, 2.75) is 0 Å². The van der Waals surface area contributed by atoms with E-state index >= 15 is 0 Å². The van der Waals surface area contributed by atoms with E-state index in [1.54, 1.807) is 0 Å². The summed E-state index contributed by atoms with van der Waals surface area (Å²) in [5.74, 6) is 0. The van der Waals surface area contributed by atoms with Crippen molar-refractivity contribution in [3.63, 3.8) is 0 Å². The van der Waals surface area contributed by atoms with Crippen LogP contribution in [0.4, 0.5) is 5.69 Å². The summed E-state index contributed by atoms with van der Waals surface area (Å²) in [6, 6.07) is 10.2. The zero-order chi connectivity index (χ0) is 9.97. The third-order valence-corrected chi connectivity index (χ3v) is 2.16. The van der Waals surface area contributed by atoms with Gasteiger partial charge in [-0.3, -0.25) is 5.10 Å². The van der Waals surface area contributed by atoms with Crippen LogP contribution in [0.5, 0.6) is 0 Å². The number of halogens is 1. The third-order valence-electron chi connectivity index (χ3n) is 2.16. The van der Waals surface area contributed by atoms with Crippen LogP contribution in [0.1, 0.15) is 0 Å². The van der Waals surface area contributed by atoms with Gasteiger partial charge in [-0.2, -0.15) is 5.10 Å². The van der Waals surface area contributed by atoms with Gasteiger partial charge in [-0.1, -0.05) is 30.3 Å². The van der Waals surface area contributed by atoms with Crippen molar-refractivity contribution in [2.24, 2.45) is 0 Å². The molecule has 0 spiro atoms. The number of aromatic nitrogens is 2. The molecule has 0 saturated carbocycles. The number of rotatable bonds is 2. The smallest absolute Gasteiger partial charge is 0.0883 e. The molecular formula is C11H14ClN3. The van der Waals surface area contributed by atoms with Crippen LogP contribution in [0.15, 0.2) is 36.5 Å². The maximum Gasteiger partial charge on any atom is 0.0883 e. The first kappa shape index (κ1) is 11.6. The Labute approximate surface area is 95.5 Å². The zero-order valence-corrected chi connectivity index (χ0v) is 9.58. The minimum absolute atomic E-state index is 0. The molecule has 1 aromatic heterocycles. The number of aromatic amines is 1. The van der Waals surface area contributed by atoms with Crippen LogP contribution >= 0.6 is 12.4 Å². The summed E-state index contributed by atoms with van der Waals surface area (Å²) in [6.07, 6.45) is 1.84. The van der Waals surface area contributed by atoms with Gasteiger partial charge in [-0.05, 0) is 0 Å². The van der Waals surface area contributed by atoms with Crippen molar-refractivity contribution in [3.05, 3.63) is 36.5 Å². The summed E-state index contributed by atoms with van der Waals surface area (Å²) >= 11 is 0. The Morgan fingerprint density at radius 2 is 1.80 bits per heavy atom. The molecule has 0 bridgehead atoms. The molecule has 1 aromatic carbocycles. The van der Waals surface area contributed by atoms with Crippen LogP contribution in [-0.4, -0.2) is 24.3 Å². The molecule has 0 unspecified atom stereocenters. The highest BCUT2D eigenvalue weighted by atomic mass is 35.5. The number of nitrogens with zero attached hydrogens (tertiary/aromatic N) is 2. The van der Waals surface area contributed by atoms with Crippen LogP contribution in [-0.2, 0) is 0 Å². The highest BCUT2D eigenvalue weighted by Gasteiger charge is 2.07. The molecule has 0 radical (unpaired) electrons. The summed E-state index contributed by atoms with van der Waals surface area (Å²) < 4.78 is 0. The van der Waals surface area contributed by atoms with E-state index in [1.165, 1.54) is 0 Å². The van der Waals surface area contributed by atoms with Gasteiger partial charge in [0.2, 0.25) is 0 Å². The number of H-pyrrole nitrogens is 1. The second-order valence-electron chi connectivity index (χ2n) is 3.39. The summed E-state index contributed by atoms with van der Waals surface area (Å²) in [6.45, 7) is 0. The Bertz CT molecular complexity index is 409. The van der Waals surface area contributed by atoms with Crippen LogP contribution in [0, 0.1) is 0 Å². The zero-order valence-electron chi connectivity index (χ0n) is 8.77.